The molecule has 0 spiro atoms. The number of nitrogens with one attached hydrogen (secondary N) is 2. The number of nitrogens with zero attached hydrogens (tertiary/aromatic N) is 1. The van der Waals surface area contributed by atoms with Gasteiger partial charge in [0, 0.05) is 12.6 Å². The number of anilines is 1. The number of para-hydroxylation sites is 1. The van der Waals surface area contributed by atoms with Crippen molar-refractivity contribution in [1.82, 2.24) is 10.2 Å². The molecule has 2 aromatic rings. The van der Waals surface area contributed by atoms with Gasteiger partial charge in [-0.05, 0) is 37.1 Å². The summed E-state index contributed by atoms with van der Waals surface area (Å²) in [6.07, 6.45) is 0.664. The summed E-state index contributed by atoms with van der Waals surface area (Å²) >= 11 is 0. The topological polar surface area (TPSA) is 113 Å². The summed E-state index contributed by atoms with van der Waals surface area (Å²) in [5, 5.41) is 5.49. The Bertz CT molecular complexity index is 1100. The number of carbonyl (C=O) groups excluding carboxylic acids is 3. The molecule has 2 heterocycles. The lowest BCUT2D eigenvalue weighted by atomic mass is 9.96. The summed E-state index contributed by atoms with van der Waals surface area (Å²) in [7, 11) is -3.75. The van der Waals surface area contributed by atoms with Crippen molar-refractivity contribution in [2.75, 3.05) is 17.6 Å². The maximum atomic E-state index is 12.9. The highest BCUT2D eigenvalue weighted by Gasteiger charge is 2.40. The van der Waals surface area contributed by atoms with Gasteiger partial charge in [-0.25, -0.2) is 8.42 Å². The predicted octanol–water partition coefficient (Wildman–Crippen LogP) is 1.20. The molecule has 2 aliphatic heterocycles. The molecule has 0 aliphatic carbocycles. The first-order valence-corrected chi connectivity index (χ1v) is 11.3. The Labute approximate surface area is 174 Å². The number of sulfone groups is 1. The van der Waals surface area contributed by atoms with E-state index in [1.54, 1.807) is 42.5 Å². The Hall–Kier alpha value is -3.20. The third-order valence-corrected chi connectivity index (χ3v) is 7.00. The second kappa shape index (κ2) is 7.91. The van der Waals surface area contributed by atoms with Crippen molar-refractivity contribution >= 4 is 33.2 Å². The van der Waals surface area contributed by atoms with Crippen molar-refractivity contribution in [3.63, 3.8) is 0 Å². The summed E-state index contributed by atoms with van der Waals surface area (Å²) in [4.78, 5) is 39.5. The Balaban J connectivity index is 1.44. The first kappa shape index (κ1) is 20.1. The van der Waals surface area contributed by atoms with Crippen molar-refractivity contribution in [1.29, 1.82) is 0 Å². The molecule has 2 N–H and O–H groups in total. The Morgan fingerprint density at radius 2 is 1.77 bits per heavy atom. The van der Waals surface area contributed by atoms with Gasteiger partial charge in [0.25, 0.3) is 5.91 Å². The fraction of sp³-hybridized carbons (Fsp3) is 0.286. The molecule has 0 bridgehead atoms. The predicted molar refractivity (Wildman–Crippen MR) is 110 cm³/mol. The molecule has 0 radical (unpaired) electrons. The van der Waals surface area contributed by atoms with E-state index in [0.717, 1.165) is 0 Å². The van der Waals surface area contributed by atoms with Gasteiger partial charge in [0.1, 0.15) is 11.8 Å². The minimum Gasteiger partial charge on any atom is -0.352 e. The van der Waals surface area contributed by atoms with Gasteiger partial charge in [0.2, 0.25) is 11.8 Å². The van der Waals surface area contributed by atoms with Crippen LogP contribution in [-0.4, -0.2) is 55.4 Å². The van der Waals surface area contributed by atoms with Crippen molar-refractivity contribution in [2.24, 2.45) is 0 Å². The maximum absolute atomic E-state index is 12.9. The summed E-state index contributed by atoms with van der Waals surface area (Å²) in [5.41, 5.74) is 0.904. The molecule has 3 amide bonds. The average molecular weight is 427 g/mol. The number of fused-ring (bicyclic) bond motifs is 2. The van der Waals surface area contributed by atoms with Crippen LogP contribution in [0.3, 0.4) is 0 Å². The Morgan fingerprint density at radius 1 is 1.07 bits per heavy atom. The number of rotatable bonds is 4. The molecule has 2 aliphatic rings. The SMILES string of the molecule is O=C(CS(=O)(=O)c1ccccc1)NC1CCN2C(=O)c3ccccc3NC(=O)C2C1. The van der Waals surface area contributed by atoms with E-state index in [2.05, 4.69) is 10.6 Å². The molecular formula is C21H21N3O5S. The van der Waals surface area contributed by atoms with Crippen LogP contribution in [0.1, 0.15) is 23.2 Å². The second-order valence-corrected chi connectivity index (χ2v) is 9.40. The zero-order chi connectivity index (χ0) is 21.3. The summed E-state index contributed by atoms with van der Waals surface area (Å²) in [6.45, 7) is 0.293. The molecule has 2 atom stereocenters. The molecule has 1 fully saturated rings. The molecule has 8 nitrogen and oxygen atoms in total. The lowest BCUT2D eigenvalue weighted by Crippen LogP contribution is -2.55. The number of hydrogen-bond acceptors (Lipinski definition) is 5. The van der Waals surface area contributed by atoms with E-state index in [1.807, 2.05) is 0 Å². The van der Waals surface area contributed by atoms with Gasteiger partial charge in [0.05, 0.1) is 16.1 Å². The van der Waals surface area contributed by atoms with Gasteiger partial charge in [-0.2, -0.15) is 0 Å². The average Bonchev–Trinajstić information content (AvgIpc) is 2.83. The minimum atomic E-state index is -3.75. The van der Waals surface area contributed by atoms with Gasteiger partial charge in [-0.3, -0.25) is 14.4 Å². The van der Waals surface area contributed by atoms with Crippen LogP contribution in [0.5, 0.6) is 0 Å². The Kier molecular flexibility index (Phi) is 5.29. The number of piperidine rings is 1. The highest BCUT2D eigenvalue weighted by atomic mass is 32.2. The van der Waals surface area contributed by atoms with Crippen LogP contribution < -0.4 is 10.6 Å². The smallest absolute Gasteiger partial charge is 0.256 e. The van der Waals surface area contributed by atoms with Gasteiger partial charge >= 0.3 is 0 Å². The maximum Gasteiger partial charge on any atom is 0.256 e. The first-order chi connectivity index (χ1) is 14.3. The van der Waals surface area contributed by atoms with E-state index in [1.165, 1.54) is 17.0 Å². The summed E-state index contributed by atoms with van der Waals surface area (Å²) < 4.78 is 24.8. The van der Waals surface area contributed by atoms with E-state index < -0.39 is 33.6 Å². The van der Waals surface area contributed by atoms with Crippen LogP contribution in [0.2, 0.25) is 0 Å². The highest BCUT2D eigenvalue weighted by Crippen LogP contribution is 2.28. The summed E-state index contributed by atoms with van der Waals surface area (Å²) in [5.74, 6) is -1.84. The van der Waals surface area contributed by atoms with Crippen LogP contribution >= 0.6 is 0 Å². The molecule has 2 aromatic carbocycles. The van der Waals surface area contributed by atoms with E-state index in [-0.39, 0.29) is 23.1 Å². The van der Waals surface area contributed by atoms with Crippen LogP contribution in [-0.2, 0) is 19.4 Å². The third-order valence-electron chi connectivity index (χ3n) is 5.37. The first-order valence-electron chi connectivity index (χ1n) is 9.63. The molecule has 9 heteroatoms. The van der Waals surface area contributed by atoms with Gasteiger partial charge in [0.15, 0.2) is 9.84 Å². The minimum absolute atomic E-state index is 0.0847. The second-order valence-electron chi connectivity index (χ2n) is 7.41. The van der Waals surface area contributed by atoms with Crippen molar-refractivity contribution in [2.45, 2.75) is 29.8 Å². The van der Waals surface area contributed by atoms with E-state index >= 15 is 0 Å². The number of benzene rings is 2. The fourth-order valence-electron chi connectivity index (χ4n) is 3.89. The van der Waals surface area contributed by atoms with E-state index in [0.29, 0.717) is 24.2 Å². The van der Waals surface area contributed by atoms with Gasteiger partial charge in [-0.1, -0.05) is 30.3 Å². The zero-order valence-corrected chi connectivity index (χ0v) is 16.9. The lowest BCUT2D eigenvalue weighted by Gasteiger charge is -2.37. The third kappa shape index (κ3) is 3.93. The molecule has 30 heavy (non-hydrogen) atoms. The normalized spacial score (nSPS) is 21.1. The molecule has 1 saturated heterocycles. The molecule has 2 unspecified atom stereocenters. The lowest BCUT2D eigenvalue weighted by molar-refractivity contribution is -0.124. The quantitative estimate of drug-likeness (QED) is 0.761. The van der Waals surface area contributed by atoms with Crippen LogP contribution in [0.25, 0.3) is 0 Å². The standard InChI is InChI=1S/C21H21N3O5S/c25-19(13-30(28,29)15-6-2-1-3-7-15)22-14-10-11-24-18(12-14)20(26)23-17-9-5-4-8-16(17)21(24)27/h1-9,14,18H,10-13H2,(H,22,25)(H,23,26). The molecule has 0 aromatic heterocycles. The monoisotopic (exact) mass is 427 g/mol. The number of carbonyl (C=O) groups is 3. The molecule has 4 rings (SSSR count). The van der Waals surface area contributed by atoms with Crippen molar-refractivity contribution in [3.8, 4) is 0 Å². The largest absolute Gasteiger partial charge is 0.352 e. The van der Waals surface area contributed by atoms with Gasteiger partial charge < -0.3 is 15.5 Å². The number of amides is 3. The van der Waals surface area contributed by atoms with Crippen LogP contribution in [0.15, 0.2) is 59.5 Å². The Morgan fingerprint density at radius 3 is 2.53 bits per heavy atom. The van der Waals surface area contributed by atoms with Gasteiger partial charge in [-0.15, -0.1) is 0 Å². The van der Waals surface area contributed by atoms with E-state index in [4.69, 9.17) is 0 Å². The molecular weight excluding hydrogens is 406 g/mol. The van der Waals surface area contributed by atoms with Crippen LogP contribution in [0, 0.1) is 0 Å². The van der Waals surface area contributed by atoms with E-state index in [9.17, 15) is 22.8 Å². The van der Waals surface area contributed by atoms with Crippen LogP contribution in [0.4, 0.5) is 5.69 Å². The molecule has 0 saturated carbocycles. The van der Waals surface area contributed by atoms with Crippen molar-refractivity contribution in [3.05, 3.63) is 60.2 Å². The number of hydrogen-bond donors (Lipinski definition) is 2. The summed E-state index contributed by atoms with van der Waals surface area (Å²) in [6, 6.07) is 13.5. The fourth-order valence-corrected chi connectivity index (χ4v) is 5.06. The zero-order valence-electron chi connectivity index (χ0n) is 16.1. The molecule has 156 valence electrons. The highest BCUT2D eigenvalue weighted by molar-refractivity contribution is 7.92. The van der Waals surface area contributed by atoms with Crippen molar-refractivity contribution < 1.29 is 22.8 Å².